The highest BCUT2D eigenvalue weighted by molar-refractivity contribution is 6.45. The van der Waals surface area contributed by atoms with Gasteiger partial charge >= 0.3 is 7.12 Å². The van der Waals surface area contributed by atoms with Crippen molar-refractivity contribution in [2.45, 2.75) is 45.3 Å². The molecule has 31 heavy (non-hydrogen) atoms. The molecule has 10 heteroatoms. The molecule has 1 amide bonds. The first-order valence-electron chi connectivity index (χ1n) is 10.5. The zero-order valence-corrected chi connectivity index (χ0v) is 19.3. The van der Waals surface area contributed by atoms with Crippen LogP contribution >= 0.6 is 0 Å². The molecule has 166 valence electrons. The summed E-state index contributed by atoms with van der Waals surface area (Å²) >= 11 is 0. The Morgan fingerprint density at radius 1 is 1.03 bits per heavy atom. The number of amides is 1. The summed E-state index contributed by atoms with van der Waals surface area (Å²) in [6, 6.07) is 7.52. The Morgan fingerprint density at radius 3 is 2.19 bits per heavy atom. The summed E-state index contributed by atoms with van der Waals surface area (Å²) in [5.74, 6) is 0.447. The van der Waals surface area contributed by atoms with Gasteiger partial charge in [0.25, 0.3) is 0 Å². The van der Waals surface area contributed by atoms with Crippen LogP contribution in [-0.2, 0) is 20.5 Å². The van der Waals surface area contributed by atoms with Crippen LogP contribution in [0.3, 0.4) is 0 Å². The monoisotopic (exact) mass is 427 g/mol. The van der Waals surface area contributed by atoms with Crippen LogP contribution in [0.4, 0.5) is 0 Å². The smallest absolute Gasteiger partial charge is 0.400 e. The Bertz CT molecular complexity index is 874. The van der Waals surface area contributed by atoms with Gasteiger partial charge in [-0.05, 0) is 33.3 Å². The van der Waals surface area contributed by atoms with Crippen LogP contribution in [0.15, 0.2) is 30.6 Å². The summed E-state index contributed by atoms with van der Waals surface area (Å²) in [5.41, 5.74) is 1.07. The van der Waals surface area contributed by atoms with E-state index in [9.17, 15) is 4.79 Å². The first kappa shape index (κ1) is 23.2. The summed E-state index contributed by atoms with van der Waals surface area (Å²) in [4.78, 5) is 12.4. The van der Waals surface area contributed by atoms with Gasteiger partial charge in [0, 0.05) is 5.56 Å². The molecule has 1 aliphatic rings. The first-order valence-corrected chi connectivity index (χ1v) is 10.5. The highest BCUT2D eigenvalue weighted by atomic mass is 16.7. The molecule has 2 aromatic rings. The van der Waals surface area contributed by atoms with Gasteiger partial charge in [0.1, 0.15) is 6.44 Å². The van der Waals surface area contributed by atoms with Crippen LogP contribution in [-0.4, -0.2) is 82.7 Å². The minimum absolute atomic E-state index is 0.0114. The molecule has 0 saturated carbocycles. The number of carbonyl (C=O) groups excluding carboxylic acids is 1. The molecule has 0 bridgehead atoms. The second-order valence-electron chi connectivity index (χ2n) is 9.62. The van der Waals surface area contributed by atoms with Crippen molar-refractivity contribution in [2.75, 3.05) is 33.6 Å². The third-order valence-corrected chi connectivity index (χ3v) is 5.97. The van der Waals surface area contributed by atoms with E-state index in [2.05, 4.69) is 67.5 Å². The number of likely N-dealkylation sites (N-methyl/N-ethyl adjacent to an activating group) is 1. The fraction of sp³-hybridized carbons (Fsp3) is 0.571. The van der Waals surface area contributed by atoms with E-state index >= 15 is 0 Å². The lowest BCUT2D eigenvalue weighted by Crippen LogP contribution is -2.51. The molecule has 0 aliphatic carbocycles. The number of benzene rings is 1. The molecule has 0 radical (unpaired) electrons. The summed E-state index contributed by atoms with van der Waals surface area (Å²) in [6.07, 6.45) is 2.32. The van der Waals surface area contributed by atoms with Gasteiger partial charge in [-0.3, -0.25) is 4.79 Å². The van der Waals surface area contributed by atoms with Crippen molar-refractivity contribution in [3.63, 3.8) is 0 Å². The van der Waals surface area contributed by atoms with Crippen LogP contribution in [0.5, 0.6) is 0 Å². The molecule has 1 saturated heterocycles. The van der Waals surface area contributed by atoms with E-state index in [0.29, 0.717) is 23.3 Å². The van der Waals surface area contributed by atoms with Crippen molar-refractivity contribution in [2.24, 2.45) is 0 Å². The second-order valence-corrected chi connectivity index (χ2v) is 9.62. The second kappa shape index (κ2) is 8.98. The third-order valence-electron chi connectivity index (χ3n) is 5.97. The zero-order chi connectivity index (χ0) is 22.7. The Hall–Kier alpha value is -2.43. The van der Waals surface area contributed by atoms with Gasteiger partial charge in [-0.1, -0.05) is 24.3 Å². The lowest BCUT2D eigenvalue weighted by molar-refractivity contribution is -0.880. The van der Waals surface area contributed by atoms with Gasteiger partial charge in [0.2, 0.25) is 11.7 Å². The van der Waals surface area contributed by atoms with E-state index in [1.165, 1.54) is 6.33 Å². The number of nitrogens with one attached hydrogen (secondary N) is 1. The predicted octanol–water partition coefficient (Wildman–Crippen LogP) is 1.30. The number of carbonyl (C=O) groups is 1. The molecular weight excluding hydrogens is 395 g/mol. The van der Waals surface area contributed by atoms with Crippen LogP contribution in [0, 0.1) is 0 Å². The molecule has 1 aromatic carbocycles. The summed E-state index contributed by atoms with van der Waals surface area (Å²) in [7, 11) is 3.98. The van der Waals surface area contributed by atoms with E-state index in [1.54, 1.807) is 0 Å². The number of rotatable bonds is 8. The number of hydrogen-bond donors (Lipinski definition) is 1. The minimum Gasteiger partial charge on any atom is -0.400 e. The summed E-state index contributed by atoms with van der Waals surface area (Å²) < 4.78 is 12.9. The topological polar surface area (TPSA) is 99.1 Å². The quantitative estimate of drug-likeness (QED) is 0.501. The van der Waals surface area contributed by atoms with E-state index in [4.69, 9.17) is 9.31 Å². The molecule has 3 rings (SSSR count). The SMILES string of the molecule is CC1(C)OB(C[N+](C)(C)CCNC(=O)Cc2ccc(-c3nncnn3)cc2)OC1(C)C. The standard InChI is InChI=1S/C21H31BN6O3/c1-20(2)21(3,4)31-22(30-20)14-28(5,6)12-11-23-18(29)13-16-7-9-17(10-8-16)19-26-24-15-25-27-19/h7-10,15H,11-14H2,1-6H3/p+1. The average Bonchev–Trinajstić information content (AvgIpc) is 2.88. The normalized spacial score (nSPS) is 17.5. The number of nitrogens with zero attached hydrogens (tertiary/aromatic N) is 5. The molecular formula is C21H32BN6O3+. The van der Waals surface area contributed by atoms with Gasteiger partial charge < -0.3 is 19.1 Å². The molecule has 0 atom stereocenters. The lowest BCUT2D eigenvalue weighted by Gasteiger charge is -2.32. The van der Waals surface area contributed by atoms with Crippen LogP contribution in [0.25, 0.3) is 11.4 Å². The van der Waals surface area contributed by atoms with Crippen LogP contribution in [0.1, 0.15) is 33.3 Å². The average molecular weight is 427 g/mol. The Morgan fingerprint density at radius 2 is 1.61 bits per heavy atom. The van der Waals surface area contributed by atoms with Gasteiger partial charge in [-0.2, -0.15) is 0 Å². The fourth-order valence-corrected chi connectivity index (χ4v) is 3.37. The summed E-state index contributed by atoms with van der Waals surface area (Å²) in [6.45, 7) is 9.58. The maximum atomic E-state index is 12.4. The highest BCUT2D eigenvalue weighted by Crippen LogP contribution is 2.37. The molecule has 0 spiro atoms. The Balaban J connectivity index is 1.43. The minimum atomic E-state index is -0.332. The van der Waals surface area contributed by atoms with E-state index in [1.807, 2.05) is 24.3 Å². The molecule has 9 nitrogen and oxygen atoms in total. The van der Waals surface area contributed by atoms with Crippen molar-refractivity contribution in [1.82, 2.24) is 25.7 Å². The Labute approximate surface area is 184 Å². The molecule has 1 aromatic heterocycles. The fourth-order valence-electron chi connectivity index (χ4n) is 3.37. The lowest BCUT2D eigenvalue weighted by atomic mass is 9.88. The van der Waals surface area contributed by atoms with Crippen LogP contribution in [0.2, 0.25) is 0 Å². The van der Waals surface area contributed by atoms with Gasteiger partial charge in [-0.15, -0.1) is 20.4 Å². The van der Waals surface area contributed by atoms with Gasteiger partial charge in [0.05, 0.1) is 44.8 Å². The van der Waals surface area contributed by atoms with Crippen molar-refractivity contribution in [3.05, 3.63) is 36.2 Å². The molecule has 2 heterocycles. The van der Waals surface area contributed by atoms with Crippen LogP contribution < -0.4 is 5.32 Å². The molecule has 0 unspecified atom stereocenters. The van der Waals surface area contributed by atoms with Crippen molar-refractivity contribution in [3.8, 4) is 11.4 Å². The number of quaternary nitrogens is 1. The van der Waals surface area contributed by atoms with E-state index < -0.39 is 0 Å². The highest BCUT2D eigenvalue weighted by Gasteiger charge is 2.53. The number of aromatic nitrogens is 4. The van der Waals surface area contributed by atoms with Gasteiger partial charge in [0.15, 0.2) is 6.33 Å². The van der Waals surface area contributed by atoms with Gasteiger partial charge in [-0.25, -0.2) is 0 Å². The molecule has 1 fully saturated rings. The molecule has 1 N–H and O–H groups in total. The first-order chi connectivity index (χ1) is 14.5. The number of hydrogen-bond acceptors (Lipinski definition) is 7. The van der Waals surface area contributed by atoms with Crippen molar-refractivity contribution >= 4 is 13.0 Å². The molecule has 1 aliphatic heterocycles. The van der Waals surface area contributed by atoms with Crippen molar-refractivity contribution < 1.29 is 18.6 Å². The van der Waals surface area contributed by atoms with E-state index in [0.717, 1.165) is 24.1 Å². The third kappa shape index (κ3) is 6.06. The maximum Gasteiger partial charge on any atom is 0.517 e. The van der Waals surface area contributed by atoms with Crippen molar-refractivity contribution in [1.29, 1.82) is 0 Å². The Kier molecular flexibility index (Phi) is 6.73. The maximum absolute atomic E-state index is 12.4. The largest absolute Gasteiger partial charge is 0.517 e. The predicted molar refractivity (Wildman–Crippen MR) is 118 cm³/mol. The summed E-state index contributed by atoms with van der Waals surface area (Å²) in [5, 5.41) is 18.3. The zero-order valence-electron chi connectivity index (χ0n) is 19.3. The van der Waals surface area contributed by atoms with E-state index in [-0.39, 0.29) is 24.2 Å².